The fourth-order valence-corrected chi connectivity index (χ4v) is 1.95. The van der Waals surface area contributed by atoms with Crippen LogP contribution >= 0.6 is 0 Å². The molecule has 1 unspecified atom stereocenters. The summed E-state index contributed by atoms with van der Waals surface area (Å²) in [6, 6.07) is 7.71. The van der Waals surface area contributed by atoms with Crippen LogP contribution < -0.4 is 10.1 Å². The van der Waals surface area contributed by atoms with Gasteiger partial charge in [-0.15, -0.1) is 0 Å². The van der Waals surface area contributed by atoms with E-state index in [9.17, 15) is 4.79 Å². The highest BCUT2D eigenvalue weighted by molar-refractivity contribution is 5.76. The number of para-hydroxylation sites is 1. The van der Waals surface area contributed by atoms with Crippen molar-refractivity contribution in [3.8, 4) is 5.75 Å². The van der Waals surface area contributed by atoms with Crippen LogP contribution in [-0.4, -0.2) is 24.2 Å². The van der Waals surface area contributed by atoms with Crippen molar-refractivity contribution in [1.29, 1.82) is 0 Å². The van der Waals surface area contributed by atoms with E-state index in [0.717, 1.165) is 17.7 Å². The standard InChI is InChI=1S/C13H17NO3/c15-8-4-3-7-13(16)14-11-9-17-12-6-2-1-5-10(11)12/h1-2,5-6,11,15H,3-4,7-9H2,(H,14,16). The van der Waals surface area contributed by atoms with Crippen molar-refractivity contribution >= 4 is 5.91 Å². The fourth-order valence-electron chi connectivity index (χ4n) is 1.95. The molecule has 2 N–H and O–H groups in total. The summed E-state index contributed by atoms with van der Waals surface area (Å²) in [7, 11) is 0. The minimum atomic E-state index is -0.0344. The summed E-state index contributed by atoms with van der Waals surface area (Å²) in [5.74, 6) is 0.872. The maximum Gasteiger partial charge on any atom is 0.220 e. The van der Waals surface area contributed by atoms with Gasteiger partial charge in [-0.3, -0.25) is 4.79 Å². The molecule has 1 aliphatic heterocycles. The predicted molar refractivity (Wildman–Crippen MR) is 63.8 cm³/mol. The Balaban J connectivity index is 1.87. The monoisotopic (exact) mass is 235 g/mol. The molecule has 0 bridgehead atoms. The second kappa shape index (κ2) is 5.68. The highest BCUT2D eigenvalue weighted by atomic mass is 16.5. The second-order valence-electron chi connectivity index (χ2n) is 4.15. The molecule has 2 rings (SSSR count). The lowest BCUT2D eigenvalue weighted by Gasteiger charge is -2.11. The average Bonchev–Trinajstić information content (AvgIpc) is 2.73. The quantitative estimate of drug-likeness (QED) is 0.758. The molecule has 1 aromatic carbocycles. The van der Waals surface area contributed by atoms with Gasteiger partial charge in [0.25, 0.3) is 0 Å². The van der Waals surface area contributed by atoms with Crippen LogP contribution in [0.25, 0.3) is 0 Å². The minimum Gasteiger partial charge on any atom is -0.491 e. The van der Waals surface area contributed by atoms with E-state index in [1.54, 1.807) is 0 Å². The van der Waals surface area contributed by atoms with Gasteiger partial charge in [0.05, 0.1) is 6.04 Å². The molecule has 0 spiro atoms. The van der Waals surface area contributed by atoms with Gasteiger partial charge in [0.1, 0.15) is 12.4 Å². The van der Waals surface area contributed by atoms with Gasteiger partial charge in [0.2, 0.25) is 5.91 Å². The Bertz CT molecular complexity index is 392. The number of carbonyl (C=O) groups is 1. The molecule has 0 saturated heterocycles. The first-order chi connectivity index (χ1) is 8.31. The number of amides is 1. The summed E-state index contributed by atoms with van der Waals surface area (Å²) in [5, 5.41) is 11.6. The Morgan fingerprint density at radius 3 is 3.06 bits per heavy atom. The second-order valence-corrected chi connectivity index (χ2v) is 4.15. The van der Waals surface area contributed by atoms with Crippen LogP contribution in [0.1, 0.15) is 30.9 Å². The number of benzene rings is 1. The molecule has 1 aliphatic rings. The molecule has 0 saturated carbocycles. The van der Waals surface area contributed by atoms with Crippen LogP contribution in [0.4, 0.5) is 0 Å². The summed E-state index contributed by atoms with van der Waals surface area (Å²) in [6.07, 6.45) is 1.85. The van der Waals surface area contributed by atoms with Crippen molar-refractivity contribution in [3.63, 3.8) is 0 Å². The van der Waals surface area contributed by atoms with E-state index in [4.69, 9.17) is 9.84 Å². The summed E-state index contributed by atoms with van der Waals surface area (Å²) in [6.45, 7) is 0.647. The summed E-state index contributed by atoms with van der Waals surface area (Å²) < 4.78 is 5.48. The van der Waals surface area contributed by atoms with Crippen LogP contribution in [-0.2, 0) is 4.79 Å². The molecule has 17 heavy (non-hydrogen) atoms. The van der Waals surface area contributed by atoms with Crippen molar-refractivity contribution in [2.24, 2.45) is 0 Å². The number of carbonyl (C=O) groups excluding carboxylic acids is 1. The first-order valence-corrected chi connectivity index (χ1v) is 5.93. The number of unbranched alkanes of at least 4 members (excludes halogenated alkanes) is 1. The Morgan fingerprint density at radius 2 is 2.24 bits per heavy atom. The molecular weight excluding hydrogens is 218 g/mol. The van der Waals surface area contributed by atoms with E-state index in [1.807, 2.05) is 24.3 Å². The number of aliphatic hydroxyl groups excluding tert-OH is 1. The zero-order valence-corrected chi connectivity index (χ0v) is 9.69. The Hall–Kier alpha value is -1.55. The van der Waals surface area contributed by atoms with Gasteiger partial charge in [-0.1, -0.05) is 18.2 Å². The van der Waals surface area contributed by atoms with Crippen LogP contribution in [0, 0.1) is 0 Å². The van der Waals surface area contributed by atoms with Crippen molar-refractivity contribution in [1.82, 2.24) is 5.32 Å². The van der Waals surface area contributed by atoms with Crippen LogP contribution in [0.5, 0.6) is 5.75 Å². The maximum absolute atomic E-state index is 11.6. The van der Waals surface area contributed by atoms with E-state index < -0.39 is 0 Å². The van der Waals surface area contributed by atoms with Gasteiger partial charge in [-0.25, -0.2) is 0 Å². The number of rotatable bonds is 5. The molecule has 92 valence electrons. The zero-order chi connectivity index (χ0) is 12.1. The SMILES string of the molecule is O=C(CCCCO)NC1COc2ccccc21. The molecule has 1 aromatic rings. The lowest BCUT2D eigenvalue weighted by Crippen LogP contribution is -2.29. The molecule has 0 aliphatic carbocycles. The third-order valence-electron chi connectivity index (χ3n) is 2.85. The minimum absolute atomic E-state index is 0.0174. The summed E-state index contributed by atoms with van der Waals surface area (Å²) in [4.78, 5) is 11.6. The topological polar surface area (TPSA) is 58.6 Å². The molecule has 0 aromatic heterocycles. The highest BCUT2D eigenvalue weighted by Crippen LogP contribution is 2.31. The Kier molecular flexibility index (Phi) is 3.98. The molecule has 0 radical (unpaired) electrons. The first-order valence-electron chi connectivity index (χ1n) is 5.93. The summed E-state index contributed by atoms with van der Waals surface area (Å²) >= 11 is 0. The third-order valence-corrected chi connectivity index (χ3v) is 2.85. The smallest absolute Gasteiger partial charge is 0.220 e. The largest absolute Gasteiger partial charge is 0.491 e. The van der Waals surface area contributed by atoms with Gasteiger partial charge in [-0.05, 0) is 18.9 Å². The van der Waals surface area contributed by atoms with Crippen molar-refractivity contribution in [2.75, 3.05) is 13.2 Å². The lowest BCUT2D eigenvalue weighted by molar-refractivity contribution is -0.122. The maximum atomic E-state index is 11.6. The van der Waals surface area contributed by atoms with E-state index in [-0.39, 0.29) is 18.6 Å². The number of nitrogens with one attached hydrogen (secondary N) is 1. The van der Waals surface area contributed by atoms with Gasteiger partial charge in [-0.2, -0.15) is 0 Å². The van der Waals surface area contributed by atoms with E-state index in [0.29, 0.717) is 19.4 Å². The molecular formula is C13H17NO3. The molecule has 0 fully saturated rings. The van der Waals surface area contributed by atoms with Gasteiger partial charge in [0.15, 0.2) is 0 Å². The Labute approximate surface area is 101 Å². The normalized spacial score (nSPS) is 17.4. The third kappa shape index (κ3) is 2.97. The molecule has 4 nitrogen and oxygen atoms in total. The van der Waals surface area contributed by atoms with Gasteiger partial charge < -0.3 is 15.2 Å². The van der Waals surface area contributed by atoms with E-state index >= 15 is 0 Å². The molecule has 1 amide bonds. The number of hydrogen-bond acceptors (Lipinski definition) is 3. The van der Waals surface area contributed by atoms with E-state index in [2.05, 4.69) is 5.32 Å². The zero-order valence-electron chi connectivity index (χ0n) is 9.69. The van der Waals surface area contributed by atoms with Crippen molar-refractivity contribution in [2.45, 2.75) is 25.3 Å². The van der Waals surface area contributed by atoms with Crippen LogP contribution in [0.3, 0.4) is 0 Å². The first kappa shape index (κ1) is 11.9. The molecule has 1 atom stereocenters. The number of ether oxygens (including phenoxy) is 1. The van der Waals surface area contributed by atoms with Crippen molar-refractivity contribution in [3.05, 3.63) is 29.8 Å². The van der Waals surface area contributed by atoms with Gasteiger partial charge >= 0.3 is 0 Å². The highest BCUT2D eigenvalue weighted by Gasteiger charge is 2.24. The fraction of sp³-hybridized carbons (Fsp3) is 0.462. The van der Waals surface area contributed by atoms with Crippen LogP contribution in [0.2, 0.25) is 0 Å². The lowest BCUT2D eigenvalue weighted by atomic mass is 10.1. The number of aliphatic hydroxyl groups is 1. The number of hydrogen-bond donors (Lipinski definition) is 2. The van der Waals surface area contributed by atoms with Crippen LogP contribution in [0.15, 0.2) is 24.3 Å². The van der Waals surface area contributed by atoms with Gasteiger partial charge in [0, 0.05) is 18.6 Å². The van der Waals surface area contributed by atoms with Crippen molar-refractivity contribution < 1.29 is 14.6 Å². The number of fused-ring (bicyclic) bond motifs is 1. The Morgan fingerprint density at radius 1 is 1.41 bits per heavy atom. The summed E-state index contributed by atoms with van der Waals surface area (Å²) in [5.41, 5.74) is 1.04. The average molecular weight is 235 g/mol. The van der Waals surface area contributed by atoms with E-state index in [1.165, 1.54) is 0 Å². The predicted octanol–water partition coefficient (Wildman–Crippen LogP) is 1.40. The molecule has 1 heterocycles. The molecule has 4 heteroatoms.